The number of aliphatic hydroxyl groups excluding tert-OH is 1. The van der Waals surface area contributed by atoms with E-state index in [2.05, 4.69) is 10.2 Å². The normalized spacial score (nSPS) is 24.4. The number of likely N-dealkylation sites (N-methyl/N-ethyl adjacent to an activating group) is 2. The Morgan fingerprint density at radius 3 is 3.00 bits per heavy atom. The first-order valence-electron chi connectivity index (χ1n) is 5.35. The molecule has 1 saturated heterocycles. The van der Waals surface area contributed by atoms with E-state index in [0.29, 0.717) is 19.2 Å². The summed E-state index contributed by atoms with van der Waals surface area (Å²) in [7, 11) is 3.88. The molecule has 0 spiro atoms. The van der Waals surface area contributed by atoms with Gasteiger partial charge in [-0.1, -0.05) is 0 Å². The van der Waals surface area contributed by atoms with Crippen molar-refractivity contribution in [1.82, 2.24) is 10.2 Å². The van der Waals surface area contributed by atoms with Gasteiger partial charge in [0, 0.05) is 26.2 Å². The van der Waals surface area contributed by atoms with Crippen LogP contribution in [-0.2, 0) is 4.74 Å². The summed E-state index contributed by atoms with van der Waals surface area (Å²) >= 11 is 0. The minimum Gasteiger partial charge on any atom is -0.390 e. The van der Waals surface area contributed by atoms with Gasteiger partial charge in [0.2, 0.25) is 0 Å². The molecule has 2 unspecified atom stereocenters. The Balaban J connectivity index is 2.10. The molecule has 84 valence electrons. The van der Waals surface area contributed by atoms with E-state index in [1.54, 1.807) is 0 Å². The lowest BCUT2D eigenvalue weighted by Crippen LogP contribution is -2.38. The fourth-order valence-electron chi connectivity index (χ4n) is 1.87. The zero-order valence-electron chi connectivity index (χ0n) is 9.20. The molecule has 0 aromatic rings. The molecule has 14 heavy (non-hydrogen) atoms. The van der Waals surface area contributed by atoms with E-state index in [0.717, 1.165) is 19.6 Å². The number of aliphatic hydroxyl groups is 1. The second-order valence-electron chi connectivity index (χ2n) is 4.07. The van der Waals surface area contributed by atoms with Gasteiger partial charge in [0.05, 0.1) is 12.2 Å². The molecule has 0 amide bonds. The Kier molecular flexibility index (Phi) is 5.40. The summed E-state index contributed by atoms with van der Waals surface area (Å²) in [5.74, 6) is 0. The highest BCUT2D eigenvalue weighted by molar-refractivity contribution is 4.71. The van der Waals surface area contributed by atoms with Crippen LogP contribution in [0, 0.1) is 0 Å². The van der Waals surface area contributed by atoms with Crippen molar-refractivity contribution in [2.75, 3.05) is 40.3 Å². The van der Waals surface area contributed by atoms with Gasteiger partial charge in [0.1, 0.15) is 0 Å². The summed E-state index contributed by atoms with van der Waals surface area (Å²) < 4.78 is 5.53. The molecule has 0 saturated carbocycles. The number of hydrogen-bond donors (Lipinski definition) is 2. The minimum atomic E-state index is -0.286. The van der Waals surface area contributed by atoms with Gasteiger partial charge in [0.25, 0.3) is 0 Å². The summed E-state index contributed by atoms with van der Waals surface area (Å²) in [5, 5.41) is 12.5. The SMILES string of the molecule is CNCC(O)CN(C)CC1CCCO1. The number of nitrogens with zero attached hydrogens (tertiary/aromatic N) is 1. The Morgan fingerprint density at radius 1 is 1.64 bits per heavy atom. The third-order valence-electron chi connectivity index (χ3n) is 2.50. The lowest BCUT2D eigenvalue weighted by molar-refractivity contribution is 0.0608. The van der Waals surface area contributed by atoms with Crippen molar-refractivity contribution < 1.29 is 9.84 Å². The number of hydrogen-bond acceptors (Lipinski definition) is 4. The van der Waals surface area contributed by atoms with Gasteiger partial charge >= 0.3 is 0 Å². The van der Waals surface area contributed by atoms with Crippen molar-refractivity contribution in [1.29, 1.82) is 0 Å². The monoisotopic (exact) mass is 202 g/mol. The van der Waals surface area contributed by atoms with Gasteiger partial charge in [0.15, 0.2) is 0 Å². The van der Waals surface area contributed by atoms with Gasteiger partial charge < -0.3 is 20.1 Å². The van der Waals surface area contributed by atoms with Crippen molar-refractivity contribution in [2.24, 2.45) is 0 Å². The van der Waals surface area contributed by atoms with Crippen LogP contribution in [0.1, 0.15) is 12.8 Å². The highest BCUT2D eigenvalue weighted by Gasteiger charge is 2.18. The quantitative estimate of drug-likeness (QED) is 0.619. The predicted molar refractivity (Wildman–Crippen MR) is 56.4 cm³/mol. The molecule has 0 bridgehead atoms. The number of rotatable bonds is 6. The van der Waals surface area contributed by atoms with Crippen LogP contribution in [0.2, 0.25) is 0 Å². The minimum absolute atomic E-state index is 0.286. The molecule has 2 atom stereocenters. The molecule has 4 heteroatoms. The Hall–Kier alpha value is -0.160. The van der Waals surface area contributed by atoms with Crippen LogP contribution in [-0.4, -0.2) is 62.6 Å². The van der Waals surface area contributed by atoms with E-state index in [4.69, 9.17) is 4.74 Å². The predicted octanol–water partition coefficient (Wildman–Crippen LogP) is -0.323. The molecule has 1 rings (SSSR count). The zero-order chi connectivity index (χ0) is 10.4. The Bertz CT molecular complexity index is 149. The molecule has 1 fully saturated rings. The zero-order valence-corrected chi connectivity index (χ0v) is 9.20. The van der Waals surface area contributed by atoms with E-state index < -0.39 is 0 Å². The van der Waals surface area contributed by atoms with Crippen LogP contribution in [0.3, 0.4) is 0 Å². The van der Waals surface area contributed by atoms with Crippen molar-refractivity contribution in [3.63, 3.8) is 0 Å². The average molecular weight is 202 g/mol. The maximum absolute atomic E-state index is 9.55. The second-order valence-corrected chi connectivity index (χ2v) is 4.07. The van der Waals surface area contributed by atoms with Gasteiger partial charge in [-0.05, 0) is 26.9 Å². The topological polar surface area (TPSA) is 44.7 Å². The van der Waals surface area contributed by atoms with E-state index in [1.807, 2.05) is 14.1 Å². The van der Waals surface area contributed by atoms with Crippen LogP contribution in [0.15, 0.2) is 0 Å². The van der Waals surface area contributed by atoms with E-state index >= 15 is 0 Å². The van der Waals surface area contributed by atoms with Gasteiger partial charge in [-0.2, -0.15) is 0 Å². The van der Waals surface area contributed by atoms with Crippen LogP contribution in [0.4, 0.5) is 0 Å². The summed E-state index contributed by atoms with van der Waals surface area (Å²) in [6.45, 7) is 3.19. The Labute approximate surface area is 86.2 Å². The first-order chi connectivity index (χ1) is 6.72. The fourth-order valence-corrected chi connectivity index (χ4v) is 1.87. The van der Waals surface area contributed by atoms with E-state index in [-0.39, 0.29) is 6.10 Å². The summed E-state index contributed by atoms with van der Waals surface area (Å²) in [5.41, 5.74) is 0. The number of nitrogens with one attached hydrogen (secondary N) is 1. The standard InChI is InChI=1S/C10H22N2O2/c1-11-6-9(13)7-12(2)8-10-4-3-5-14-10/h9-11,13H,3-8H2,1-2H3. The van der Waals surface area contributed by atoms with Crippen LogP contribution in [0.5, 0.6) is 0 Å². The second kappa shape index (κ2) is 6.35. The lowest BCUT2D eigenvalue weighted by Gasteiger charge is -2.23. The third-order valence-corrected chi connectivity index (χ3v) is 2.50. The van der Waals surface area contributed by atoms with Crippen molar-refractivity contribution in [3.05, 3.63) is 0 Å². The molecule has 0 aliphatic carbocycles. The van der Waals surface area contributed by atoms with Gasteiger partial charge in [-0.3, -0.25) is 0 Å². The molecule has 4 nitrogen and oxygen atoms in total. The van der Waals surface area contributed by atoms with Crippen molar-refractivity contribution >= 4 is 0 Å². The summed E-state index contributed by atoms with van der Waals surface area (Å²) in [6.07, 6.45) is 2.43. The van der Waals surface area contributed by atoms with Gasteiger partial charge in [-0.25, -0.2) is 0 Å². The molecule has 2 N–H and O–H groups in total. The number of ether oxygens (including phenoxy) is 1. The smallest absolute Gasteiger partial charge is 0.0791 e. The molecule has 1 aliphatic rings. The van der Waals surface area contributed by atoms with Crippen LogP contribution in [0.25, 0.3) is 0 Å². The molecule has 0 aromatic heterocycles. The molecule has 0 aromatic carbocycles. The van der Waals surface area contributed by atoms with Gasteiger partial charge in [-0.15, -0.1) is 0 Å². The maximum Gasteiger partial charge on any atom is 0.0791 e. The highest BCUT2D eigenvalue weighted by atomic mass is 16.5. The van der Waals surface area contributed by atoms with E-state index in [1.165, 1.54) is 6.42 Å². The van der Waals surface area contributed by atoms with Crippen LogP contribution >= 0.6 is 0 Å². The molecule has 1 aliphatic heterocycles. The van der Waals surface area contributed by atoms with Crippen molar-refractivity contribution in [2.45, 2.75) is 25.0 Å². The molecule has 0 radical (unpaired) electrons. The van der Waals surface area contributed by atoms with Crippen molar-refractivity contribution in [3.8, 4) is 0 Å². The highest BCUT2D eigenvalue weighted by Crippen LogP contribution is 2.12. The fraction of sp³-hybridized carbons (Fsp3) is 1.00. The average Bonchev–Trinajstić information content (AvgIpc) is 2.56. The maximum atomic E-state index is 9.55. The van der Waals surface area contributed by atoms with Crippen LogP contribution < -0.4 is 5.32 Å². The molecule has 1 heterocycles. The molecular weight excluding hydrogens is 180 g/mol. The first-order valence-corrected chi connectivity index (χ1v) is 5.35. The molecular formula is C10H22N2O2. The first kappa shape index (κ1) is 11.9. The summed E-state index contributed by atoms with van der Waals surface area (Å²) in [6, 6.07) is 0. The van der Waals surface area contributed by atoms with E-state index in [9.17, 15) is 5.11 Å². The largest absolute Gasteiger partial charge is 0.390 e. The summed E-state index contributed by atoms with van der Waals surface area (Å²) in [4.78, 5) is 2.14. The third kappa shape index (κ3) is 4.37. The Morgan fingerprint density at radius 2 is 2.43 bits per heavy atom. The lowest BCUT2D eigenvalue weighted by atomic mass is 10.2.